The topological polar surface area (TPSA) is 51.4 Å². The molecule has 1 aliphatic heterocycles. The van der Waals surface area contributed by atoms with Gasteiger partial charge in [-0.15, -0.1) is 10.2 Å². The summed E-state index contributed by atoms with van der Waals surface area (Å²) in [6.45, 7) is 4.47. The fourth-order valence-corrected chi connectivity index (χ4v) is 3.15. The second kappa shape index (κ2) is 7.17. The first-order chi connectivity index (χ1) is 12.3. The molecule has 0 radical (unpaired) electrons. The highest BCUT2D eigenvalue weighted by Gasteiger charge is 2.28. The molecular weight excluding hydrogens is 314 g/mol. The number of aromatic nitrogens is 2. The van der Waals surface area contributed by atoms with Crippen molar-refractivity contribution in [3.63, 3.8) is 0 Å². The molecule has 0 spiro atoms. The van der Waals surface area contributed by atoms with Crippen LogP contribution in [0.5, 0.6) is 0 Å². The summed E-state index contributed by atoms with van der Waals surface area (Å²) in [5.41, 5.74) is 2.15. The Morgan fingerprint density at radius 2 is 1.72 bits per heavy atom. The SMILES string of the molecule is CC(c1nnc(-c2ccccc2)o1)N1CCOC(c2ccccc2)C1. The zero-order valence-electron chi connectivity index (χ0n) is 14.2. The van der Waals surface area contributed by atoms with Crippen LogP contribution >= 0.6 is 0 Å². The van der Waals surface area contributed by atoms with Crippen molar-refractivity contribution in [1.82, 2.24) is 15.1 Å². The highest BCUT2D eigenvalue weighted by Crippen LogP contribution is 2.29. The average Bonchev–Trinajstić information content (AvgIpc) is 3.19. The maximum Gasteiger partial charge on any atom is 0.247 e. The molecule has 2 heterocycles. The molecule has 1 saturated heterocycles. The van der Waals surface area contributed by atoms with E-state index in [-0.39, 0.29) is 12.1 Å². The molecule has 25 heavy (non-hydrogen) atoms. The van der Waals surface area contributed by atoms with Crippen LogP contribution in [-0.4, -0.2) is 34.8 Å². The lowest BCUT2D eigenvalue weighted by Crippen LogP contribution is -2.40. The largest absolute Gasteiger partial charge is 0.419 e. The fraction of sp³-hybridized carbons (Fsp3) is 0.300. The Bertz CT molecular complexity index is 804. The molecule has 1 aliphatic rings. The predicted octanol–water partition coefficient (Wildman–Crippen LogP) is 3.87. The van der Waals surface area contributed by atoms with Gasteiger partial charge in [-0.3, -0.25) is 4.90 Å². The highest BCUT2D eigenvalue weighted by atomic mass is 16.5. The number of ether oxygens (including phenoxy) is 1. The first-order valence-corrected chi connectivity index (χ1v) is 8.60. The summed E-state index contributed by atoms with van der Waals surface area (Å²) >= 11 is 0. The van der Waals surface area contributed by atoms with Gasteiger partial charge in [-0.2, -0.15) is 0 Å². The van der Waals surface area contributed by atoms with E-state index in [4.69, 9.17) is 9.15 Å². The van der Waals surface area contributed by atoms with Crippen molar-refractivity contribution < 1.29 is 9.15 Å². The molecule has 0 amide bonds. The average molecular weight is 335 g/mol. The van der Waals surface area contributed by atoms with E-state index in [1.807, 2.05) is 48.5 Å². The predicted molar refractivity (Wildman–Crippen MR) is 94.9 cm³/mol. The third-order valence-corrected chi connectivity index (χ3v) is 4.64. The fourth-order valence-electron chi connectivity index (χ4n) is 3.15. The van der Waals surface area contributed by atoms with E-state index in [9.17, 15) is 0 Å². The van der Waals surface area contributed by atoms with Gasteiger partial charge < -0.3 is 9.15 Å². The Kier molecular flexibility index (Phi) is 4.59. The third kappa shape index (κ3) is 3.48. The van der Waals surface area contributed by atoms with Crippen LogP contribution in [-0.2, 0) is 4.74 Å². The second-order valence-electron chi connectivity index (χ2n) is 6.25. The Labute approximate surface area is 147 Å². The van der Waals surface area contributed by atoms with Gasteiger partial charge in [0.15, 0.2) is 0 Å². The van der Waals surface area contributed by atoms with Gasteiger partial charge in [-0.05, 0) is 24.6 Å². The van der Waals surface area contributed by atoms with E-state index in [1.54, 1.807) is 0 Å². The molecule has 1 fully saturated rings. The van der Waals surface area contributed by atoms with Gasteiger partial charge in [0, 0.05) is 18.7 Å². The summed E-state index contributed by atoms with van der Waals surface area (Å²) in [4.78, 5) is 2.34. The lowest BCUT2D eigenvalue weighted by Gasteiger charge is -2.35. The first kappa shape index (κ1) is 16.0. The van der Waals surface area contributed by atoms with Crippen molar-refractivity contribution in [3.8, 4) is 11.5 Å². The van der Waals surface area contributed by atoms with E-state index in [2.05, 4.69) is 34.2 Å². The van der Waals surface area contributed by atoms with E-state index in [1.165, 1.54) is 5.56 Å². The van der Waals surface area contributed by atoms with Crippen LogP contribution in [0.15, 0.2) is 65.1 Å². The van der Waals surface area contributed by atoms with Gasteiger partial charge in [-0.1, -0.05) is 48.5 Å². The summed E-state index contributed by atoms with van der Waals surface area (Å²) in [7, 11) is 0. The van der Waals surface area contributed by atoms with Gasteiger partial charge in [0.25, 0.3) is 0 Å². The van der Waals surface area contributed by atoms with Crippen LogP contribution in [0.25, 0.3) is 11.5 Å². The zero-order valence-corrected chi connectivity index (χ0v) is 14.2. The summed E-state index contributed by atoms with van der Waals surface area (Å²) in [5.74, 6) is 1.21. The summed E-state index contributed by atoms with van der Waals surface area (Å²) in [6.07, 6.45) is 0.0777. The molecule has 0 bridgehead atoms. The van der Waals surface area contributed by atoms with Crippen molar-refractivity contribution >= 4 is 0 Å². The minimum atomic E-state index is 0.0556. The lowest BCUT2D eigenvalue weighted by atomic mass is 10.1. The molecule has 0 N–H and O–H groups in total. The second-order valence-corrected chi connectivity index (χ2v) is 6.25. The van der Waals surface area contributed by atoms with Crippen molar-refractivity contribution in [2.24, 2.45) is 0 Å². The van der Waals surface area contributed by atoms with Crippen LogP contribution in [0.4, 0.5) is 0 Å². The Hall–Kier alpha value is -2.50. The van der Waals surface area contributed by atoms with Crippen LogP contribution in [0, 0.1) is 0 Å². The van der Waals surface area contributed by atoms with Crippen LogP contribution in [0.3, 0.4) is 0 Å². The molecule has 1 aromatic heterocycles. The maximum absolute atomic E-state index is 5.95. The Balaban J connectivity index is 1.49. The number of hydrogen-bond acceptors (Lipinski definition) is 5. The number of benzene rings is 2. The van der Waals surface area contributed by atoms with Crippen molar-refractivity contribution in [3.05, 3.63) is 72.1 Å². The molecular formula is C20H21N3O2. The standard InChI is InChI=1S/C20H21N3O2/c1-15(19-21-22-20(25-19)17-10-6-3-7-11-17)23-12-13-24-18(14-23)16-8-4-2-5-9-16/h2-11,15,18H,12-14H2,1H3. The van der Waals surface area contributed by atoms with Gasteiger partial charge in [0.2, 0.25) is 11.8 Å². The quantitative estimate of drug-likeness (QED) is 0.724. The van der Waals surface area contributed by atoms with Crippen LogP contribution in [0.2, 0.25) is 0 Å². The summed E-state index contributed by atoms with van der Waals surface area (Å²) in [6, 6.07) is 20.3. The van der Waals surface area contributed by atoms with Crippen molar-refractivity contribution in [2.45, 2.75) is 19.1 Å². The Morgan fingerprint density at radius 1 is 1.00 bits per heavy atom. The molecule has 128 valence electrons. The smallest absolute Gasteiger partial charge is 0.247 e. The third-order valence-electron chi connectivity index (χ3n) is 4.64. The molecule has 0 aliphatic carbocycles. The summed E-state index contributed by atoms with van der Waals surface area (Å²) < 4.78 is 11.9. The first-order valence-electron chi connectivity index (χ1n) is 8.60. The molecule has 2 aromatic carbocycles. The van der Waals surface area contributed by atoms with E-state index < -0.39 is 0 Å². The van der Waals surface area contributed by atoms with E-state index in [0.717, 1.165) is 18.7 Å². The van der Waals surface area contributed by atoms with Gasteiger partial charge in [-0.25, -0.2) is 0 Å². The minimum absolute atomic E-state index is 0.0556. The van der Waals surface area contributed by atoms with Crippen LogP contribution < -0.4 is 0 Å². The minimum Gasteiger partial charge on any atom is -0.419 e. The van der Waals surface area contributed by atoms with Gasteiger partial charge in [0.05, 0.1) is 18.8 Å². The number of morpholine rings is 1. The van der Waals surface area contributed by atoms with Crippen molar-refractivity contribution in [1.29, 1.82) is 0 Å². The normalized spacial score (nSPS) is 19.6. The molecule has 4 rings (SSSR count). The molecule has 0 saturated carbocycles. The molecule has 3 aromatic rings. The van der Waals surface area contributed by atoms with Crippen molar-refractivity contribution in [2.75, 3.05) is 19.7 Å². The number of nitrogens with zero attached hydrogens (tertiary/aromatic N) is 3. The van der Waals surface area contributed by atoms with Crippen LogP contribution in [0.1, 0.15) is 30.5 Å². The van der Waals surface area contributed by atoms with Gasteiger partial charge in [0.1, 0.15) is 0 Å². The molecule has 2 unspecified atom stereocenters. The highest BCUT2D eigenvalue weighted by molar-refractivity contribution is 5.51. The lowest BCUT2D eigenvalue weighted by molar-refractivity contribution is -0.0463. The Morgan fingerprint density at radius 3 is 2.48 bits per heavy atom. The summed E-state index contributed by atoms with van der Waals surface area (Å²) in [5, 5.41) is 8.47. The number of hydrogen-bond donors (Lipinski definition) is 0. The zero-order chi connectivity index (χ0) is 17.1. The van der Waals surface area contributed by atoms with E-state index >= 15 is 0 Å². The molecule has 5 heteroatoms. The number of rotatable bonds is 4. The maximum atomic E-state index is 5.95. The molecule has 5 nitrogen and oxygen atoms in total. The van der Waals surface area contributed by atoms with Gasteiger partial charge >= 0.3 is 0 Å². The molecule has 2 atom stereocenters. The van der Waals surface area contributed by atoms with E-state index in [0.29, 0.717) is 18.4 Å². The monoisotopic (exact) mass is 335 g/mol.